The molecule has 5 nitrogen and oxygen atoms in total. The molecule has 30 heavy (non-hydrogen) atoms. The molecule has 3 aromatic rings. The Balaban J connectivity index is 1.93. The second-order valence-electron chi connectivity index (χ2n) is 7.13. The number of nitrogens with one attached hydrogen (secondary N) is 1. The van der Waals surface area contributed by atoms with Gasteiger partial charge < -0.3 is 5.32 Å². The fourth-order valence-electron chi connectivity index (χ4n) is 3.07. The van der Waals surface area contributed by atoms with Gasteiger partial charge in [0, 0.05) is 23.3 Å². The molecule has 0 aliphatic carbocycles. The molecule has 0 aliphatic heterocycles. The molecule has 0 aliphatic rings. The Labute approximate surface area is 182 Å². The first-order valence-corrected chi connectivity index (χ1v) is 11.2. The van der Waals surface area contributed by atoms with Crippen molar-refractivity contribution in [1.29, 1.82) is 0 Å². The summed E-state index contributed by atoms with van der Waals surface area (Å²) in [6.07, 6.45) is 0. The van der Waals surface area contributed by atoms with Crippen molar-refractivity contribution in [3.8, 4) is 0 Å². The minimum atomic E-state index is -3.80. The number of aryl methyl sites for hydroxylation is 2. The summed E-state index contributed by atoms with van der Waals surface area (Å²) < 4.78 is 27.2. The monoisotopic (exact) mass is 442 g/mol. The number of carbonyl (C=O) groups is 1. The molecule has 7 heteroatoms. The molecule has 0 radical (unpaired) electrons. The predicted molar refractivity (Wildman–Crippen MR) is 122 cm³/mol. The Bertz CT molecular complexity index is 1210. The number of rotatable bonds is 5. The molecule has 0 unspecified atom stereocenters. The fraction of sp³-hybridized carbons (Fsp3) is 0.174. The zero-order valence-electron chi connectivity index (χ0n) is 17.2. The first-order chi connectivity index (χ1) is 14.1. The van der Waals surface area contributed by atoms with Crippen molar-refractivity contribution in [2.24, 2.45) is 0 Å². The maximum atomic E-state index is 13.0. The normalized spacial score (nSPS) is 11.2. The van der Waals surface area contributed by atoms with E-state index in [0.29, 0.717) is 16.3 Å². The standard InChI is InChI=1S/C23H23ClN2O3S/c1-15-6-5-7-21(17(15)3)25-23(27)18-9-8-16(2)22(14-18)26(4)30(28,29)20-12-10-19(24)11-13-20/h5-14H,1-4H3,(H,25,27). The van der Waals surface area contributed by atoms with Gasteiger partial charge in [0.25, 0.3) is 15.9 Å². The maximum absolute atomic E-state index is 13.0. The Morgan fingerprint density at radius 2 is 1.60 bits per heavy atom. The van der Waals surface area contributed by atoms with Crippen molar-refractivity contribution in [2.45, 2.75) is 25.7 Å². The summed E-state index contributed by atoms with van der Waals surface area (Å²) in [6, 6.07) is 16.7. The van der Waals surface area contributed by atoms with Crippen LogP contribution in [0.25, 0.3) is 0 Å². The van der Waals surface area contributed by atoms with Crippen LogP contribution in [0.3, 0.4) is 0 Å². The van der Waals surface area contributed by atoms with Gasteiger partial charge in [-0.05, 0) is 79.9 Å². The Kier molecular flexibility index (Phi) is 6.19. The SMILES string of the molecule is Cc1ccc(C(=O)Nc2cccc(C)c2C)cc1N(C)S(=O)(=O)c1ccc(Cl)cc1. The lowest BCUT2D eigenvalue weighted by Gasteiger charge is -2.22. The molecule has 0 heterocycles. The summed E-state index contributed by atoms with van der Waals surface area (Å²) in [5.74, 6) is -0.303. The van der Waals surface area contributed by atoms with Crippen molar-refractivity contribution in [3.05, 3.63) is 87.9 Å². The van der Waals surface area contributed by atoms with E-state index in [4.69, 9.17) is 11.6 Å². The second kappa shape index (κ2) is 8.50. The van der Waals surface area contributed by atoms with Crippen molar-refractivity contribution in [2.75, 3.05) is 16.7 Å². The van der Waals surface area contributed by atoms with E-state index in [1.807, 2.05) is 32.0 Å². The van der Waals surface area contributed by atoms with E-state index >= 15 is 0 Å². The number of halogens is 1. The van der Waals surface area contributed by atoms with E-state index in [0.717, 1.165) is 22.4 Å². The van der Waals surface area contributed by atoms with Crippen LogP contribution in [-0.4, -0.2) is 21.4 Å². The summed E-state index contributed by atoms with van der Waals surface area (Å²) in [5.41, 5.74) is 4.32. The molecule has 1 N–H and O–H groups in total. The van der Waals surface area contributed by atoms with Crippen LogP contribution in [0.2, 0.25) is 5.02 Å². The molecular weight excluding hydrogens is 420 g/mol. The summed E-state index contributed by atoms with van der Waals surface area (Å²) in [4.78, 5) is 13.0. The summed E-state index contributed by atoms with van der Waals surface area (Å²) in [7, 11) is -2.33. The van der Waals surface area contributed by atoms with E-state index in [1.165, 1.54) is 35.6 Å². The van der Waals surface area contributed by atoms with Crippen LogP contribution in [0.1, 0.15) is 27.0 Å². The van der Waals surface area contributed by atoms with Gasteiger partial charge in [0.1, 0.15) is 0 Å². The average molecular weight is 443 g/mol. The lowest BCUT2D eigenvalue weighted by Crippen LogP contribution is -2.27. The van der Waals surface area contributed by atoms with Crippen LogP contribution < -0.4 is 9.62 Å². The third-order valence-corrected chi connectivity index (χ3v) is 7.17. The number of anilines is 2. The highest BCUT2D eigenvalue weighted by molar-refractivity contribution is 7.92. The van der Waals surface area contributed by atoms with E-state index in [1.54, 1.807) is 25.1 Å². The van der Waals surface area contributed by atoms with Crippen molar-refractivity contribution in [1.82, 2.24) is 0 Å². The lowest BCUT2D eigenvalue weighted by molar-refractivity contribution is 0.102. The third-order valence-electron chi connectivity index (χ3n) is 5.14. The molecule has 0 saturated carbocycles. The van der Waals surface area contributed by atoms with Crippen LogP contribution in [0.5, 0.6) is 0 Å². The molecule has 3 rings (SSSR count). The first-order valence-electron chi connectivity index (χ1n) is 9.34. The van der Waals surface area contributed by atoms with Crippen molar-refractivity contribution < 1.29 is 13.2 Å². The molecule has 0 bridgehead atoms. The zero-order chi connectivity index (χ0) is 22.1. The number of carbonyl (C=O) groups excluding carboxylic acids is 1. The van der Waals surface area contributed by atoms with Gasteiger partial charge in [-0.1, -0.05) is 29.8 Å². The largest absolute Gasteiger partial charge is 0.322 e. The molecule has 0 spiro atoms. The van der Waals surface area contributed by atoms with Crippen LogP contribution in [0.15, 0.2) is 65.6 Å². The van der Waals surface area contributed by atoms with Crippen LogP contribution in [0.4, 0.5) is 11.4 Å². The quantitative estimate of drug-likeness (QED) is 0.579. The highest BCUT2D eigenvalue weighted by atomic mass is 35.5. The molecule has 0 saturated heterocycles. The molecule has 0 atom stereocenters. The van der Waals surface area contributed by atoms with Crippen LogP contribution in [-0.2, 0) is 10.0 Å². The number of benzene rings is 3. The van der Waals surface area contributed by atoms with Gasteiger partial charge in [0.05, 0.1) is 10.6 Å². The average Bonchev–Trinajstić information content (AvgIpc) is 2.71. The fourth-order valence-corrected chi connectivity index (χ4v) is 4.44. The van der Waals surface area contributed by atoms with Crippen molar-refractivity contribution >= 4 is 38.9 Å². The number of amides is 1. The molecular formula is C23H23ClN2O3S. The van der Waals surface area contributed by atoms with Gasteiger partial charge in [0.2, 0.25) is 0 Å². The van der Waals surface area contributed by atoms with Gasteiger partial charge in [-0.25, -0.2) is 8.42 Å². The highest BCUT2D eigenvalue weighted by Crippen LogP contribution is 2.28. The Hall–Kier alpha value is -2.83. The predicted octanol–water partition coefficient (Wildman–Crippen LogP) is 5.34. The Morgan fingerprint density at radius 3 is 2.27 bits per heavy atom. The van der Waals surface area contributed by atoms with Gasteiger partial charge in [0.15, 0.2) is 0 Å². The smallest absolute Gasteiger partial charge is 0.264 e. The molecule has 156 valence electrons. The van der Waals surface area contributed by atoms with E-state index in [-0.39, 0.29) is 10.8 Å². The minimum Gasteiger partial charge on any atom is -0.322 e. The molecule has 0 aromatic heterocycles. The topological polar surface area (TPSA) is 66.5 Å². The highest BCUT2D eigenvalue weighted by Gasteiger charge is 2.23. The van der Waals surface area contributed by atoms with Gasteiger partial charge in [-0.3, -0.25) is 9.10 Å². The van der Waals surface area contributed by atoms with Crippen LogP contribution in [0, 0.1) is 20.8 Å². The van der Waals surface area contributed by atoms with Gasteiger partial charge in [-0.15, -0.1) is 0 Å². The summed E-state index contributed by atoms with van der Waals surface area (Å²) >= 11 is 5.87. The van der Waals surface area contributed by atoms with Gasteiger partial charge in [-0.2, -0.15) is 0 Å². The number of hydrogen-bond donors (Lipinski definition) is 1. The Morgan fingerprint density at radius 1 is 0.933 bits per heavy atom. The summed E-state index contributed by atoms with van der Waals surface area (Å²) in [6.45, 7) is 5.72. The molecule has 3 aromatic carbocycles. The van der Waals surface area contributed by atoms with E-state index in [9.17, 15) is 13.2 Å². The summed E-state index contributed by atoms with van der Waals surface area (Å²) in [5, 5.41) is 3.36. The first kappa shape index (κ1) is 21.9. The maximum Gasteiger partial charge on any atom is 0.264 e. The minimum absolute atomic E-state index is 0.124. The van der Waals surface area contributed by atoms with Gasteiger partial charge >= 0.3 is 0 Å². The molecule has 0 fully saturated rings. The number of nitrogens with zero attached hydrogens (tertiary/aromatic N) is 1. The number of hydrogen-bond acceptors (Lipinski definition) is 3. The van der Waals surface area contributed by atoms with E-state index in [2.05, 4.69) is 5.32 Å². The number of sulfonamides is 1. The second-order valence-corrected chi connectivity index (χ2v) is 9.54. The molecule has 1 amide bonds. The van der Waals surface area contributed by atoms with Crippen LogP contribution >= 0.6 is 11.6 Å². The van der Waals surface area contributed by atoms with Crippen molar-refractivity contribution in [3.63, 3.8) is 0 Å². The lowest BCUT2D eigenvalue weighted by atomic mass is 10.1. The third kappa shape index (κ3) is 4.35. The zero-order valence-corrected chi connectivity index (χ0v) is 18.8. The van der Waals surface area contributed by atoms with E-state index < -0.39 is 10.0 Å².